The van der Waals surface area contributed by atoms with Crippen molar-refractivity contribution in [2.24, 2.45) is 5.73 Å². The van der Waals surface area contributed by atoms with Gasteiger partial charge in [-0.3, -0.25) is 0 Å². The van der Waals surface area contributed by atoms with Crippen LogP contribution in [-0.2, 0) is 5.41 Å². The van der Waals surface area contributed by atoms with Gasteiger partial charge in [-0.1, -0.05) is 18.5 Å². The second-order valence-corrected chi connectivity index (χ2v) is 4.41. The van der Waals surface area contributed by atoms with E-state index in [1.54, 1.807) is 19.9 Å². The van der Waals surface area contributed by atoms with Crippen LogP contribution in [0.15, 0.2) is 12.1 Å². The Labute approximate surface area is 93.9 Å². The summed E-state index contributed by atoms with van der Waals surface area (Å²) in [6.45, 7) is 3.45. The molecule has 84 valence electrons. The highest BCUT2D eigenvalue weighted by Crippen LogP contribution is 2.31. The zero-order chi connectivity index (χ0) is 11.6. The number of rotatable bonds is 3. The Morgan fingerprint density at radius 2 is 2.13 bits per heavy atom. The lowest BCUT2D eigenvalue weighted by atomic mass is 9.83. The fourth-order valence-corrected chi connectivity index (χ4v) is 1.81. The van der Waals surface area contributed by atoms with Crippen molar-refractivity contribution >= 4 is 11.6 Å². The van der Waals surface area contributed by atoms with Crippen LogP contribution in [-0.4, -0.2) is 18.3 Å². The first-order valence-electron chi connectivity index (χ1n) is 4.71. The molecule has 0 saturated heterocycles. The van der Waals surface area contributed by atoms with E-state index < -0.39 is 5.41 Å². The molecule has 0 aliphatic rings. The maximum Gasteiger partial charge on any atom is 0.126 e. The summed E-state index contributed by atoms with van der Waals surface area (Å²) in [5, 5.41) is 9.70. The Kier molecular flexibility index (Phi) is 3.71. The first-order chi connectivity index (χ1) is 6.94. The molecule has 1 rings (SSSR count). The van der Waals surface area contributed by atoms with Crippen molar-refractivity contribution in [1.82, 2.24) is 0 Å². The molecule has 2 nitrogen and oxygen atoms in total. The molecule has 0 radical (unpaired) electrons. The predicted octanol–water partition coefficient (Wildman–Crippen LogP) is 2.00. The summed E-state index contributed by atoms with van der Waals surface area (Å²) >= 11 is 6.01. The Morgan fingerprint density at radius 3 is 2.60 bits per heavy atom. The number of nitrogens with two attached hydrogens (primary N) is 1. The van der Waals surface area contributed by atoms with Crippen molar-refractivity contribution in [1.29, 1.82) is 0 Å². The molecule has 0 saturated carbocycles. The lowest BCUT2D eigenvalue weighted by molar-refractivity contribution is 0.210. The van der Waals surface area contributed by atoms with Gasteiger partial charge in [-0.05, 0) is 30.2 Å². The van der Waals surface area contributed by atoms with E-state index in [9.17, 15) is 9.50 Å². The van der Waals surface area contributed by atoms with E-state index >= 15 is 0 Å². The third kappa shape index (κ3) is 2.30. The molecular formula is C11H15ClFNO. The van der Waals surface area contributed by atoms with Gasteiger partial charge in [0, 0.05) is 17.0 Å². The molecule has 1 unspecified atom stereocenters. The predicted molar refractivity (Wildman–Crippen MR) is 59.6 cm³/mol. The Balaban J connectivity index is 3.30. The lowest BCUT2D eigenvalue weighted by Gasteiger charge is -2.27. The molecule has 0 bridgehead atoms. The van der Waals surface area contributed by atoms with Crippen LogP contribution in [0, 0.1) is 12.7 Å². The van der Waals surface area contributed by atoms with Gasteiger partial charge >= 0.3 is 0 Å². The largest absolute Gasteiger partial charge is 0.395 e. The first-order valence-corrected chi connectivity index (χ1v) is 5.09. The van der Waals surface area contributed by atoms with E-state index in [0.29, 0.717) is 16.1 Å². The monoisotopic (exact) mass is 231 g/mol. The quantitative estimate of drug-likeness (QED) is 0.836. The van der Waals surface area contributed by atoms with Crippen LogP contribution in [0.1, 0.15) is 18.1 Å². The van der Waals surface area contributed by atoms with Gasteiger partial charge in [0.2, 0.25) is 0 Å². The average molecular weight is 232 g/mol. The van der Waals surface area contributed by atoms with Gasteiger partial charge in [-0.25, -0.2) is 4.39 Å². The number of halogens is 2. The SMILES string of the molecule is Cc1cc(Cl)c(C(C)(CN)CO)cc1F. The topological polar surface area (TPSA) is 46.2 Å². The molecule has 15 heavy (non-hydrogen) atoms. The minimum Gasteiger partial charge on any atom is -0.395 e. The molecule has 0 aliphatic heterocycles. The molecule has 4 heteroatoms. The van der Waals surface area contributed by atoms with Crippen molar-refractivity contribution in [3.05, 3.63) is 34.1 Å². The molecule has 0 fully saturated rings. The minimum atomic E-state index is -0.689. The van der Waals surface area contributed by atoms with Gasteiger partial charge in [0.25, 0.3) is 0 Å². The molecule has 1 aromatic rings. The molecule has 1 aromatic carbocycles. The Hall–Kier alpha value is -0.640. The zero-order valence-corrected chi connectivity index (χ0v) is 9.61. The van der Waals surface area contributed by atoms with Crippen molar-refractivity contribution in [2.45, 2.75) is 19.3 Å². The van der Waals surface area contributed by atoms with Gasteiger partial charge in [-0.2, -0.15) is 0 Å². The van der Waals surface area contributed by atoms with Crippen LogP contribution in [0.3, 0.4) is 0 Å². The van der Waals surface area contributed by atoms with Crippen LogP contribution >= 0.6 is 11.6 Å². The lowest BCUT2D eigenvalue weighted by Crippen LogP contribution is -2.36. The fourth-order valence-electron chi connectivity index (χ4n) is 1.37. The molecule has 0 spiro atoms. The highest BCUT2D eigenvalue weighted by molar-refractivity contribution is 6.31. The number of aliphatic hydroxyl groups is 1. The molecule has 0 amide bonds. The zero-order valence-electron chi connectivity index (χ0n) is 8.85. The third-order valence-electron chi connectivity index (χ3n) is 2.70. The van der Waals surface area contributed by atoms with Crippen molar-refractivity contribution < 1.29 is 9.50 Å². The Morgan fingerprint density at radius 1 is 1.53 bits per heavy atom. The normalized spacial score (nSPS) is 15.1. The third-order valence-corrected chi connectivity index (χ3v) is 3.01. The number of aliphatic hydroxyl groups excluding tert-OH is 1. The molecule has 0 aliphatic carbocycles. The maximum atomic E-state index is 13.4. The van der Waals surface area contributed by atoms with E-state index in [1.807, 2.05) is 0 Å². The first kappa shape index (κ1) is 12.4. The molecule has 0 heterocycles. The highest BCUT2D eigenvalue weighted by atomic mass is 35.5. The van der Waals surface area contributed by atoms with Crippen molar-refractivity contribution in [2.75, 3.05) is 13.2 Å². The summed E-state index contributed by atoms with van der Waals surface area (Å²) in [5.41, 5.74) is 5.92. The maximum absolute atomic E-state index is 13.4. The number of hydrogen-bond acceptors (Lipinski definition) is 2. The van der Waals surface area contributed by atoms with Crippen molar-refractivity contribution in [3.8, 4) is 0 Å². The fraction of sp³-hybridized carbons (Fsp3) is 0.455. The van der Waals surface area contributed by atoms with Gasteiger partial charge in [0.05, 0.1) is 6.61 Å². The van der Waals surface area contributed by atoms with Gasteiger partial charge < -0.3 is 10.8 Å². The van der Waals surface area contributed by atoms with Crippen LogP contribution in [0.25, 0.3) is 0 Å². The summed E-state index contributed by atoms with van der Waals surface area (Å²) in [6.07, 6.45) is 0. The summed E-state index contributed by atoms with van der Waals surface area (Å²) in [6, 6.07) is 2.90. The van der Waals surface area contributed by atoms with E-state index in [4.69, 9.17) is 17.3 Å². The number of aryl methyl sites for hydroxylation is 1. The van der Waals surface area contributed by atoms with Crippen LogP contribution in [0.2, 0.25) is 5.02 Å². The summed E-state index contributed by atoms with van der Waals surface area (Å²) in [4.78, 5) is 0. The van der Waals surface area contributed by atoms with Gasteiger partial charge in [0.1, 0.15) is 5.82 Å². The molecule has 0 aromatic heterocycles. The summed E-state index contributed by atoms with van der Waals surface area (Å²) < 4.78 is 13.4. The van der Waals surface area contributed by atoms with Gasteiger partial charge in [0.15, 0.2) is 0 Å². The second kappa shape index (κ2) is 4.47. The van der Waals surface area contributed by atoms with E-state index in [0.717, 1.165) is 0 Å². The summed E-state index contributed by atoms with van der Waals surface area (Å²) in [7, 11) is 0. The smallest absolute Gasteiger partial charge is 0.126 e. The van der Waals surface area contributed by atoms with Crippen LogP contribution in [0.4, 0.5) is 4.39 Å². The Bertz CT molecular complexity index is 364. The van der Waals surface area contributed by atoms with E-state index in [-0.39, 0.29) is 19.0 Å². The van der Waals surface area contributed by atoms with Crippen LogP contribution < -0.4 is 5.73 Å². The number of hydrogen-bond donors (Lipinski definition) is 2. The van der Waals surface area contributed by atoms with Crippen LogP contribution in [0.5, 0.6) is 0 Å². The second-order valence-electron chi connectivity index (χ2n) is 4.00. The molecule has 3 N–H and O–H groups in total. The average Bonchev–Trinajstić information content (AvgIpc) is 2.22. The van der Waals surface area contributed by atoms with Gasteiger partial charge in [-0.15, -0.1) is 0 Å². The highest BCUT2D eigenvalue weighted by Gasteiger charge is 2.27. The number of benzene rings is 1. The standard InChI is InChI=1S/C11H15ClFNO/c1-7-3-9(12)8(4-10(7)13)11(2,5-14)6-15/h3-4,15H,5-6,14H2,1-2H3. The molecule has 1 atom stereocenters. The summed E-state index contributed by atoms with van der Waals surface area (Å²) in [5.74, 6) is -0.331. The minimum absolute atomic E-state index is 0.161. The molecular weight excluding hydrogens is 217 g/mol. The van der Waals surface area contributed by atoms with E-state index in [2.05, 4.69) is 0 Å². The van der Waals surface area contributed by atoms with Crippen molar-refractivity contribution in [3.63, 3.8) is 0 Å². The van der Waals surface area contributed by atoms with E-state index in [1.165, 1.54) is 6.07 Å².